The molecule has 0 saturated heterocycles. The van der Waals surface area contributed by atoms with Crippen LogP contribution in [0.3, 0.4) is 0 Å². The van der Waals surface area contributed by atoms with E-state index in [1.165, 1.54) is 0 Å². The zero-order valence-corrected chi connectivity index (χ0v) is 14.8. The lowest BCUT2D eigenvalue weighted by Gasteiger charge is -2.27. The summed E-state index contributed by atoms with van der Waals surface area (Å²) >= 11 is 6.16. The number of amides is 1. The summed E-state index contributed by atoms with van der Waals surface area (Å²) < 4.78 is 5.43. The van der Waals surface area contributed by atoms with Crippen LogP contribution in [0, 0.1) is 0 Å². The molecule has 1 aromatic heterocycles. The normalized spacial score (nSPS) is 15.7. The molecule has 5 nitrogen and oxygen atoms in total. The number of hydrogen-bond acceptors (Lipinski definition) is 4. The van der Waals surface area contributed by atoms with Gasteiger partial charge in [0.15, 0.2) is 0 Å². The number of nitrogens with zero attached hydrogens (tertiary/aromatic N) is 2. The molecule has 6 heteroatoms. The minimum atomic E-state index is -0.393. The van der Waals surface area contributed by atoms with Crippen LogP contribution >= 0.6 is 11.6 Å². The zero-order chi connectivity index (χ0) is 18.1. The van der Waals surface area contributed by atoms with Crippen molar-refractivity contribution in [2.75, 3.05) is 17.3 Å². The van der Waals surface area contributed by atoms with Crippen molar-refractivity contribution in [2.45, 2.75) is 6.17 Å². The first-order valence-electron chi connectivity index (χ1n) is 8.11. The molecule has 26 heavy (non-hydrogen) atoms. The SMILES string of the molecule is COc1ccc(Cl)cc1N[C@@H]1c2ccccc2C(=O)N1c1cccnc1. The van der Waals surface area contributed by atoms with Crippen molar-refractivity contribution in [1.29, 1.82) is 0 Å². The second-order valence-corrected chi connectivity index (χ2v) is 6.30. The first kappa shape index (κ1) is 16.4. The maximum absolute atomic E-state index is 13.0. The molecule has 1 amide bonds. The summed E-state index contributed by atoms with van der Waals surface area (Å²) in [7, 11) is 1.60. The van der Waals surface area contributed by atoms with Crippen molar-refractivity contribution >= 4 is 28.9 Å². The first-order chi connectivity index (χ1) is 12.7. The summed E-state index contributed by atoms with van der Waals surface area (Å²) in [5.41, 5.74) is 2.98. The van der Waals surface area contributed by atoms with Gasteiger partial charge in [0.05, 0.1) is 24.7 Å². The van der Waals surface area contributed by atoms with Gasteiger partial charge >= 0.3 is 0 Å². The molecule has 1 atom stereocenters. The lowest BCUT2D eigenvalue weighted by Crippen LogP contribution is -2.32. The van der Waals surface area contributed by atoms with E-state index < -0.39 is 6.17 Å². The summed E-state index contributed by atoms with van der Waals surface area (Å²) in [6, 6.07) is 16.6. The smallest absolute Gasteiger partial charge is 0.260 e. The first-order valence-corrected chi connectivity index (χ1v) is 8.49. The highest BCUT2D eigenvalue weighted by atomic mass is 35.5. The van der Waals surface area contributed by atoms with Crippen LogP contribution in [-0.4, -0.2) is 18.0 Å². The second kappa shape index (κ2) is 6.69. The predicted molar refractivity (Wildman–Crippen MR) is 102 cm³/mol. The monoisotopic (exact) mass is 365 g/mol. The van der Waals surface area contributed by atoms with E-state index in [1.807, 2.05) is 36.4 Å². The molecule has 0 spiro atoms. The number of hydrogen-bond donors (Lipinski definition) is 1. The number of pyridine rings is 1. The topological polar surface area (TPSA) is 54.5 Å². The van der Waals surface area contributed by atoms with E-state index in [1.54, 1.807) is 42.6 Å². The Kier molecular flexibility index (Phi) is 4.22. The summed E-state index contributed by atoms with van der Waals surface area (Å²) in [6.07, 6.45) is 2.96. The quantitative estimate of drug-likeness (QED) is 0.738. The Morgan fingerprint density at radius 2 is 2.00 bits per heavy atom. The summed E-state index contributed by atoms with van der Waals surface area (Å²) in [5, 5.41) is 3.99. The molecule has 1 N–H and O–H groups in total. The molecule has 3 aromatic rings. The second-order valence-electron chi connectivity index (χ2n) is 5.87. The fourth-order valence-electron chi connectivity index (χ4n) is 3.16. The number of aromatic nitrogens is 1. The Balaban J connectivity index is 1.81. The highest BCUT2D eigenvalue weighted by Gasteiger charge is 2.38. The molecule has 1 aliphatic rings. The summed E-state index contributed by atoms with van der Waals surface area (Å²) in [6.45, 7) is 0. The van der Waals surface area contributed by atoms with Crippen molar-refractivity contribution < 1.29 is 9.53 Å². The molecule has 0 saturated carbocycles. The van der Waals surface area contributed by atoms with Gasteiger partial charge in [0.2, 0.25) is 0 Å². The number of ether oxygens (including phenoxy) is 1. The van der Waals surface area contributed by atoms with Gasteiger partial charge in [-0.15, -0.1) is 0 Å². The van der Waals surface area contributed by atoms with E-state index in [2.05, 4.69) is 10.3 Å². The number of carbonyl (C=O) groups excluding carboxylic acids is 1. The molecule has 0 bridgehead atoms. The Morgan fingerprint density at radius 3 is 2.77 bits per heavy atom. The van der Waals surface area contributed by atoms with Gasteiger partial charge in [0.1, 0.15) is 11.9 Å². The molecule has 1 aliphatic heterocycles. The Labute approximate surface area is 156 Å². The van der Waals surface area contributed by atoms with E-state index in [0.717, 1.165) is 5.56 Å². The number of anilines is 2. The van der Waals surface area contributed by atoms with Gasteiger partial charge in [-0.25, -0.2) is 0 Å². The van der Waals surface area contributed by atoms with Crippen molar-refractivity contribution in [2.24, 2.45) is 0 Å². The van der Waals surface area contributed by atoms with E-state index >= 15 is 0 Å². The number of rotatable bonds is 4. The van der Waals surface area contributed by atoms with Crippen LogP contribution in [0.4, 0.5) is 11.4 Å². The highest BCUT2D eigenvalue weighted by Crippen LogP contribution is 2.39. The zero-order valence-electron chi connectivity index (χ0n) is 14.0. The highest BCUT2D eigenvalue weighted by molar-refractivity contribution is 6.31. The van der Waals surface area contributed by atoms with E-state index in [4.69, 9.17) is 16.3 Å². The molecule has 0 fully saturated rings. The number of fused-ring (bicyclic) bond motifs is 1. The Hall–Kier alpha value is -3.05. The van der Waals surface area contributed by atoms with Crippen molar-refractivity contribution in [3.05, 3.63) is 83.1 Å². The molecular weight excluding hydrogens is 350 g/mol. The molecule has 0 radical (unpaired) electrons. The number of benzene rings is 2. The lowest BCUT2D eigenvalue weighted by atomic mass is 10.1. The minimum absolute atomic E-state index is 0.0768. The summed E-state index contributed by atoms with van der Waals surface area (Å²) in [4.78, 5) is 18.9. The van der Waals surface area contributed by atoms with Gasteiger partial charge in [-0.2, -0.15) is 0 Å². The van der Waals surface area contributed by atoms with E-state index in [9.17, 15) is 4.79 Å². The molecule has 0 unspecified atom stereocenters. The van der Waals surface area contributed by atoms with E-state index in [0.29, 0.717) is 27.7 Å². The average Bonchev–Trinajstić information content (AvgIpc) is 2.95. The van der Waals surface area contributed by atoms with Crippen LogP contribution in [0.15, 0.2) is 67.0 Å². The lowest BCUT2D eigenvalue weighted by molar-refractivity contribution is 0.0993. The average molecular weight is 366 g/mol. The van der Waals surface area contributed by atoms with Crippen LogP contribution in [0.25, 0.3) is 0 Å². The molecule has 0 aliphatic carbocycles. The van der Waals surface area contributed by atoms with Gasteiger partial charge in [0.25, 0.3) is 5.91 Å². The number of halogens is 1. The maximum atomic E-state index is 13.0. The van der Waals surface area contributed by atoms with Crippen molar-refractivity contribution in [3.63, 3.8) is 0 Å². The van der Waals surface area contributed by atoms with Crippen molar-refractivity contribution in [1.82, 2.24) is 4.98 Å². The molecule has 4 rings (SSSR count). The number of methoxy groups -OCH3 is 1. The van der Waals surface area contributed by atoms with Crippen LogP contribution in [-0.2, 0) is 0 Å². The molecule has 130 valence electrons. The molecular formula is C20H16ClN3O2. The van der Waals surface area contributed by atoms with Crippen molar-refractivity contribution in [3.8, 4) is 5.75 Å². The standard InChI is InChI=1S/C20H16ClN3O2/c1-26-18-9-8-13(21)11-17(18)23-19-15-6-2-3-7-16(15)20(25)24(19)14-5-4-10-22-12-14/h2-12,19,23H,1H3/t19-/m0/s1. The summed E-state index contributed by atoms with van der Waals surface area (Å²) in [5.74, 6) is 0.574. The molecule has 2 aromatic carbocycles. The fourth-order valence-corrected chi connectivity index (χ4v) is 3.33. The molecule has 2 heterocycles. The largest absolute Gasteiger partial charge is 0.495 e. The fraction of sp³-hybridized carbons (Fsp3) is 0.100. The number of nitrogens with one attached hydrogen (secondary N) is 1. The minimum Gasteiger partial charge on any atom is -0.495 e. The third kappa shape index (κ3) is 2.76. The van der Waals surface area contributed by atoms with Gasteiger partial charge in [-0.05, 0) is 36.4 Å². The van der Waals surface area contributed by atoms with Crippen LogP contribution < -0.4 is 15.0 Å². The van der Waals surface area contributed by atoms with Crippen LogP contribution in [0.5, 0.6) is 5.75 Å². The van der Waals surface area contributed by atoms with Gasteiger partial charge < -0.3 is 10.1 Å². The Bertz CT molecular complexity index is 962. The van der Waals surface area contributed by atoms with Crippen LogP contribution in [0.1, 0.15) is 22.1 Å². The van der Waals surface area contributed by atoms with E-state index in [-0.39, 0.29) is 5.91 Å². The maximum Gasteiger partial charge on any atom is 0.260 e. The third-order valence-corrected chi connectivity index (χ3v) is 4.58. The van der Waals surface area contributed by atoms with Crippen LogP contribution in [0.2, 0.25) is 5.02 Å². The predicted octanol–water partition coefficient (Wildman–Crippen LogP) is 4.51. The van der Waals surface area contributed by atoms with Gasteiger partial charge in [-0.3, -0.25) is 14.7 Å². The third-order valence-electron chi connectivity index (χ3n) is 4.34. The van der Waals surface area contributed by atoms with Gasteiger partial charge in [-0.1, -0.05) is 29.8 Å². The van der Waals surface area contributed by atoms with Gasteiger partial charge in [0, 0.05) is 22.3 Å². The number of carbonyl (C=O) groups is 1. The Morgan fingerprint density at radius 1 is 1.15 bits per heavy atom.